The van der Waals surface area contributed by atoms with Crippen LogP contribution in [0.3, 0.4) is 0 Å². The van der Waals surface area contributed by atoms with Gasteiger partial charge in [-0.2, -0.15) is 13.2 Å². The van der Waals surface area contributed by atoms with Crippen molar-refractivity contribution in [3.8, 4) is 0 Å². The second kappa shape index (κ2) is 4.78. The van der Waals surface area contributed by atoms with E-state index in [0.717, 1.165) is 35.1 Å². The van der Waals surface area contributed by atoms with Gasteiger partial charge in [-0.1, -0.05) is 0 Å². The summed E-state index contributed by atoms with van der Waals surface area (Å²) < 4.78 is 39.5. The number of benzene rings is 1. The van der Waals surface area contributed by atoms with E-state index in [9.17, 15) is 13.2 Å². The van der Waals surface area contributed by atoms with Crippen LogP contribution < -0.4 is 4.90 Å². The van der Waals surface area contributed by atoms with Gasteiger partial charge in [0, 0.05) is 35.8 Å². The Morgan fingerprint density at radius 3 is 2.87 bits per heavy atom. The highest BCUT2D eigenvalue weighted by atomic mass is 19.4. The van der Waals surface area contributed by atoms with Crippen molar-refractivity contribution in [1.82, 2.24) is 15.0 Å². The second-order valence-electron chi connectivity index (χ2n) is 5.85. The van der Waals surface area contributed by atoms with E-state index in [2.05, 4.69) is 15.0 Å². The Morgan fingerprint density at radius 1 is 1.26 bits per heavy atom. The molecule has 0 bridgehead atoms. The van der Waals surface area contributed by atoms with E-state index in [1.165, 1.54) is 6.07 Å². The van der Waals surface area contributed by atoms with E-state index < -0.39 is 11.7 Å². The third kappa shape index (κ3) is 2.36. The van der Waals surface area contributed by atoms with Crippen molar-refractivity contribution in [2.75, 3.05) is 11.4 Å². The highest BCUT2D eigenvalue weighted by Crippen LogP contribution is 2.37. The van der Waals surface area contributed by atoms with Gasteiger partial charge in [0.05, 0.1) is 23.5 Å². The van der Waals surface area contributed by atoms with Crippen molar-refractivity contribution in [3.63, 3.8) is 0 Å². The first kappa shape index (κ1) is 14.2. The van der Waals surface area contributed by atoms with Crippen LogP contribution in [-0.2, 0) is 19.1 Å². The molecule has 0 unspecified atom stereocenters. The van der Waals surface area contributed by atoms with Gasteiger partial charge < -0.3 is 14.9 Å². The lowest BCUT2D eigenvalue weighted by atomic mass is 10.1. The smallest absolute Gasteiger partial charge is 0.365 e. The van der Waals surface area contributed by atoms with Gasteiger partial charge in [0.1, 0.15) is 5.82 Å². The summed E-state index contributed by atoms with van der Waals surface area (Å²) in [5.74, 6) is 0.840. The average Bonchev–Trinajstić information content (AvgIpc) is 3.08. The lowest BCUT2D eigenvalue weighted by Gasteiger charge is -2.29. The van der Waals surface area contributed by atoms with Crippen molar-refractivity contribution in [2.45, 2.75) is 26.1 Å². The Balaban J connectivity index is 1.81. The van der Waals surface area contributed by atoms with Crippen molar-refractivity contribution < 1.29 is 13.2 Å². The molecule has 2 N–H and O–H groups in total. The number of H-pyrrole nitrogens is 2. The Kier molecular flexibility index (Phi) is 2.94. The summed E-state index contributed by atoms with van der Waals surface area (Å²) in [5.41, 5.74) is 2.47. The molecule has 0 amide bonds. The van der Waals surface area contributed by atoms with Crippen molar-refractivity contribution in [3.05, 3.63) is 47.2 Å². The molecule has 0 aliphatic carbocycles. The quantitative estimate of drug-likeness (QED) is 0.717. The largest absolute Gasteiger partial charge is 0.416 e. The van der Waals surface area contributed by atoms with Gasteiger partial charge in [-0.15, -0.1) is 0 Å². The molecular weight excluding hydrogens is 305 g/mol. The third-order valence-corrected chi connectivity index (χ3v) is 4.27. The number of fused-ring (bicyclic) bond motifs is 2. The van der Waals surface area contributed by atoms with Crippen LogP contribution in [0.1, 0.15) is 22.8 Å². The Hall–Kier alpha value is -2.44. The zero-order valence-electron chi connectivity index (χ0n) is 12.5. The normalized spacial score (nSPS) is 15.2. The maximum atomic E-state index is 13.2. The predicted molar refractivity (Wildman–Crippen MR) is 81.4 cm³/mol. The number of halogens is 3. The molecule has 120 valence electrons. The standard InChI is InChI=1S/C16H15F3N4/c1-9-21-12-3-5-23(8-14(12)22-9)15-7-10(16(17,18)19)6-13-11(15)2-4-20-13/h2,4,6-7,20H,3,5,8H2,1H3,(H,21,22). The number of alkyl halides is 3. The molecule has 23 heavy (non-hydrogen) atoms. The molecule has 0 radical (unpaired) electrons. The van der Waals surface area contributed by atoms with Gasteiger partial charge in [-0.3, -0.25) is 0 Å². The molecule has 4 nitrogen and oxygen atoms in total. The summed E-state index contributed by atoms with van der Waals surface area (Å²) in [6.45, 7) is 3.08. The van der Waals surface area contributed by atoms with E-state index in [0.29, 0.717) is 24.3 Å². The van der Waals surface area contributed by atoms with Crippen LogP contribution in [0.25, 0.3) is 10.9 Å². The first-order chi connectivity index (χ1) is 10.9. The number of hydrogen-bond donors (Lipinski definition) is 2. The van der Waals surface area contributed by atoms with Crippen LogP contribution in [-0.4, -0.2) is 21.5 Å². The van der Waals surface area contributed by atoms with Crippen molar-refractivity contribution >= 4 is 16.6 Å². The van der Waals surface area contributed by atoms with Gasteiger partial charge in [0.25, 0.3) is 0 Å². The molecule has 0 fully saturated rings. The van der Waals surface area contributed by atoms with Crippen LogP contribution in [0.2, 0.25) is 0 Å². The number of nitrogens with zero attached hydrogens (tertiary/aromatic N) is 2. The van der Waals surface area contributed by atoms with E-state index >= 15 is 0 Å². The van der Waals surface area contributed by atoms with Crippen molar-refractivity contribution in [1.29, 1.82) is 0 Å². The Morgan fingerprint density at radius 2 is 2.09 bits per heavy atom. The predicted octanol–water partition coefficient (Wildman–Crippen LogP) is 3.78. The van der Waals surface area contributed by atoms with E-state index in [1.807, 2.05) is 17.9 Å². The molecule has 0 saturated carbocycles. The SMILES string of the molecule is Cc1nc2c([nH]1)CN(c1cc(C(F)(F)F)cc3[nH]ccc13)CC2. The third-order valence-electron chi connectivity index (χ3n) is 4.27. The fourth-order valence-electron chi connectivity index (χ4n) is 3.21. The minimum atomic E-state index is -4.36. The van der Waals surface area contributed by atoms with Crippen molar-refractivity contribution in [2.24, 2.45) is 0 Å². The van der Waals surface area contributed by atoms with Crippen LogP contribution in [0.5, 0.6) is 0 Å². The summed E-state index contributed by atoms with van der Waals surface area (Å²) in [7, 11) is 0. The lowest BCUT2D eigenvalue weighted by molar-refractivity contribution is -0.137. The van der Waals surface area contributed by atoms with E-state index in [-0.39, 0.29) is 0 Å². The minimum Gasteiger partial charge on any atom is -0.365 e. The number of nitrogens with one attached hydrogen (secondary N) is 2. The first-order valence-corrected chi connectivity index (χ1v) is 7.39. The summed E-state index contributed by atoms with van der Waals surface area (Å²) >= 11 is 0. The molecule has 1 aromatic carbocycles. The molecule has 1 aliphatic rings. The zero-order chi connectivity index (χ0) is 16.2. The monoisotopic (exact) mass is 320 g/mol. The molecule has 2 aromatic heterocycles. The number of rotatable bonds is 1. The number of aromatic nitrogens is 3. The fraction of sp³-hybridized carbons (Fsp3) is 0.312. The number of hydrogen-bond acceptors (Lipinski definition) is 2. The molecule has 3 aromatic rings. The van der Waals surface area contributed by atoms with Crippen LogP contribution in [0.4, 0.5) is 18.9 Å². The van der Waals surface area contributed by atoms with Gasteiger partial charge >= 0.3 is 6.18 Å². The van der Waals surface area contributed by atoms with E-state index in [1.54, 1.807) is 6.20 Å². The number of imidazole rings is 1. The van der Waals surface area contributed by atoms with Crippen LogP contribution in [0, 0.1) is 6.92 Å². The highest BCUT2D eigenvalue weighted by Gasteiger charge is 2.32. The molecule has 0 atom stereocenters. The summed E-state index contributed by atoms with van der Waals surface area (Å²) in [6, 6.07) is 4.22. The van der Waals surface area contributed by atoms with Gasteiger partial charge in [-0.05, 0) is 25.1 Å². The number of aromatic amines is 2. The Labute approximate surface area is 130 Å². The second-order valence-corrected chi connectivity index (χ2v) is 5.85. The molecule has 0 saturated heterocycles. The van der Waals surface area contributed by atoms with Gasteiger partial charge in [0.2, 0.25) is 0 Å². The molecule has 3 heterocycles. The van der Waals surface area contributed by atoms with Crippen LogP contribution in [0.15, 0.2) is 24.4 Å². The molecule has 4 rings (SSSR count). The van der Waals surface area contributed by atoms with Gasteiger partial charge in [0.15, 0.2) is 0 Å². The minimum absolute atomic E-state index is 0.501. The zero-order valence-corrected chi connectivity index (χ0v) is 12.5. The highest BCUT2D eigenvalue weighted by molar-refractivity contribution is 5.93. The Bertz CT molecular complexity index is 875. The lowest BCUT2D eigenvalue weighted by Crippen LogP contribution is -2.30. The first-order valence-electron chi connectivity index (χ1n) is 7.39. The molecule has 7 heteroatoms. The summed E-state index contributed by atoms with van der Waals surface area (Å²) in [6.07, 6.45) is -1.97. The topological polar surface area (TPSA) is 47.7 Å². The maximum absolute atomic E-state index is 13.2. The summed E-state index contributed by atoms with van der Waals surface area (Å²) in [4.78, 5) is 12.5. The molecule has 1 aliphatic heterocycles. The molecular formula is C16H15F3N4. The van der Waals surface area contributed by atoms with Gasteiger partial charge in [-0.25, -0.2) is 4.98 Å². The number of anilines is 1. The fourth-order valence-corrected chi connectivity index (χ4v) is 3.21. The summed E-state index contributed by atoms with van der Waals surface area (Å²) in [5, 5.41) is 0.803. The average molecular weight is 320 g/mol. The van der Waals surface area contributed by atoms with E-state index in [4.69, 9.17) is 0 Å². The van der Waals surface area contributed by atoms with Crippen LogP contribution >= 0.6 is 0 Å². The molecule has 0 spiro atoms. The maximum Gasteiger partial charge on any atom is 0.416 e. The number of aryl methyl sites for hydroxylation is 1.